The van der Waals surface area contributed by atoms with Crippen molar-refractivity contribution in [3.05, 3.63) is 63.3 Å². The van der Waals surface area contributed by atoms with E-state index < -0.39 is 29.5 Å². The molecule has 1 aromatic heterocycles. The molecule has 0 unspecified atom stereocenters. The smallest absolute Gasteiger partial charge is 0.381 e. The lowest BCUT2D eigenvalue weighted by atomic mass is 9.92. The van der Waals surface area contributed by atoms with Crippen molar-refractivity contribution in [2.75, 3.05) is 25.5 Å². The van der Waals surface area contributed by atoms with Crippen LogP contribution in [0, 0.1) is 17.7 Å². The minimum Gasteiger partial charge on any atom is -0.381 e. The normalized spacial score (nSPS) is 25.0. The molecule has 6 nitrogen and oxygen atoms in total. The number of benzene rings is 1. The Kier molecular flexibility index (Phi) is 5.89. The summed E-state index contributed by atoms with van der Waals surface area (Å²) in [5, 5.41) is 6.00. The number of piperidine rings is 1. The zero-order valence-corrected chi connectivity index (χ0v) is 19.5. The molecule has 2 saturated carbocycles. The molecule has 4 atom stereocenters. The Hall–Kier alpha value is -2.88. The second kappa shape index (κ2) is 8.65. The topological polar surface area (TPSA) is 66.4 Å². The number of rotatable bonds is 6. The summed E-state index contributed by atoms with van der Waals surface area (Å²) in [6.45, 7) is 3.32. The molecule has 2 heterocycles. The third kappa shape index (κ3) is 4.44. The van der Waals surface area contributed by atoms with Gasteiger partial charge in [-0.2, -0.15) is 13.2 Å². The zero-order valence-electron chi connectivity index (χ0n) is 19.5. The highest BCUT2D eigenvalue weighted by molar-refractivity contribution is 5.99. The number of pyridine rings is 1. The van der Waals surface area contributed by atoms with Gasteiger partial charge in [-0.3, -0.25) is 9.59 Å². The van der Waals surface area contributed by atoms with E-state index in [-0.39, 0.29) is 28.8 Å². The van der Waals surface area contributed by atoms with Gasteiger partial charge < -0.3 is 20.1 Å². The van der Waals surface area contributed by atoms with E-state index in [1.54, 1.807) is 4.57 Å². The third-order valence-electron chi connectivity index (χ3n) is 7.64. The van der Waals surface area contributed by atoms with Crippen LogP contribution in [0.2, 0.25) is 0 Å². The van der Waals surface area contributed by atoms with E-state index in [2.05, 4.69) is 22.6 Å². The highest BCUT2D eigenvalue weighted by Gasteiger charge is 2.55. The van der Waals surface area contributed by atoms with E-state index in [1.807, 2.05) is 0 Å². The van der Waals surface area contributed by atoms with Crippen LogP contribution in [-0.2, 0) is 6.18 Å². The fourth-order valence-electron chi connectivity index (χ4n) is 5.38. The number of fused-ring (bicyclic) bond motifs is 1. The number of carbonyl (C=O) groups is 1. The summed E-state index contributed by atoms with van der Waals surface area (Å²) in [7, 11) is 2.05. The number of amides is 1. The molecule has 35 heavy (non-hydrogen) atoms. The fraction of sp³-hybridized carbons (Fsp3) is 0.520. The van der Waals surface area contributed by atoms with E-state index in [1.165, 1.54) is 25.3 Å². The van der Waals surface area contributed by atoms with Crippen LogP contribution in [0.5, 0.6) is 0 Å². The standard InChI is InChI=1S/C25H28F4N4O2/c1-13(15-7-4-8-19(22(15)26)25(27,28)29)30-24(35)18-12-33(14-5-3-6-14)21(34)9-20(18)31-23-16-10-32(2)11-17(16)23/h4,7-9,12-14,16-17,23,31H,3,5-6,10-11H2,1-2H3,(H,30,35)/t13-,16-,17+,23-/m1/s1. The van der Waals surface area contributed by atoms with E-state index in [0.717, 1.165) is 38.4 Å². The molecule has 2 aromatic rings. The molecule has 1 amide bonds. The van der Waals surface area contributed by atoms with Crippen molar-refractivity contribution in [2.45, 2.75) is 50.5 Å². The molecule has 10 heteroatoms. The maximum Gasteiger partial charge on any atom is 0.419 e. The summed E-state index contributed by atoms with van der Waals surface area (Å²) in [6.07, 6.45) is -0.611. The second-order valence-electron chi connectivity index (χ2n) is 10.1. The SMILES string of the molecule is C[C@@H](NC(=O)c1cn(C2CCC2)c(=O)cc1N[C@@H]1[C@@H]2CN(C)C[C@@H]21)c1cccc(C(F)(F)F)c1F. The number of aromatic nitrogens is 1. The van der Waals surface area contributed by atoms with Crippen LogP contribution in [0.25, 0.3) is 0 Å². The van der Waals surface area contributed by atoms with Gasteiger partial charge in [0.15, 0.2) is 0 Å². The van der Waals surface area contributed by atoms with Crippen molar-refractivity contribution in [3.8, 4) is 0 Å². The first kappa shape index (κ1) is 23.8. The number of hydrogen-bond donors (Lipinski definition) is 2. The summed E-state index contributed by atoms with van der Waals surface area (Å²) >= 11 is 0. The Labute approximate surface area is 200 Å². The monoisotopic (exact) mass is 492 g/mol. The molecule has 2 aliphatic carbocycles. The Balaban J connectivity index is 1.42. The maximum absolute atomic E-state index is 14.6. The van der Waals surface area contributed by atoms with Gasteiger partial charge in [-0.15, -0.1) is 0 Å². The summed E-state index contributed by atoms with van der Waals surface area (Å²) < 4.78 is 55.6. The molecule has 3 aliphatic rings. The molecule has 0 bridgehead atoms. The van der Waals surface area contributed by atoms with Gasteiger partial charge >= 0.3 is 6.18 Å². The molecule has 1 aliphatic heterocycles. The largest absolute Gasteiger partial charge is 0.419 e. The van der Waals surface area contributed by atoms with Crippen molar-refractivity contribution in [2.24, 2.45) is 11.8 Å². The fourth-order valence-corrected chi connectivity index (χ4v) is 5.38. The molecule has 0 spiro atoms. The third-order valence-corrected chi connectivity index (χ3v) is 7.64. The first-order valence-electron chi connectivity index (χ1n) is 11.9. The lowest BCUT2D eigenvalue weighted by Gasteiger charge is -2.29. The Morgan fingerprint density at radius 2 is 1.86 bits per heavy atom. The maximum atomic E-state index is 14.6. The van der Waals surface area contributed by atoms with Crippen LogP contribution in [0.1, 0.15) is 59.8 Å². The number of anilines is 1. The average molecular weight is 493 g/mol. The Morgan fingerprint density at radius 3 is 2.46 bits per heavy atom. The predicted molar refractivity (Wildman–Crippen MR) is 123 cm³/mol. The van der Waals surface area contributed by atoms with E-state index in [0.29, 0.717) is 23.6 Å². The van der Waals surface area contributed by atoms with Gasteiger partial charge in [0.05, 0.1) is 22.9 Å². The van der Waals surface area contributed by atoms with E-state index >= 15 is 0 Å². The van der Waals surface area contributed by atoms with Crippen molar-refractivity contribution in [1.82, 2.24) is 14.8 Å². The van der Waals surface area contributed by atoms with Crippen LogP contribution in [-0.4, -0.2) is 41.6 Å². The number of halogens is 4. The first-order chi connectivity index (χ1) is 16.5. The number of hydrogen-bond acceptors (Lipinski definition) is 4. The van der Waals surface area contributed by atoms with Crippen LogP contribution >= 0.6 is 0 Å². The number of alkyl halides is 3. The molecular formula is C25H28F4N4O2. The molecule has 2 N–H and O–H groups in total. The molecule has 0 radical (unpaired) electrons. The number of likely N-dealkylation sites (tertiary alicyclic amines) is 1. The highest BCUT2D eigenvalue weighted by Crippen LogP contribution is 2.47. The number of nitrogens with one attached hydrogen (secondary N) is 2. The van der Waals surface area contributed by atoms with Crippen molar-refractivity contribution in [1.29, 1.82) is 0 Å². The van der Waals surface area contributed by atoms with Crippen LogP contribution in [0.15, 0.2) is 35.3 Å². The van der Waals surface area contributed by atoms with E-state index in [4.69, 9.17) is 0 Å². The van der Waals surface area contributed by atoms with Crippen LogP contribution in [0.4, 0.5) is 23.2 Å². The lowest BCUT2D eigenvalue weighted by molar-refractivity contribution is -0.140. The predicted octanol–water partition coefficient (Wildman–Crippen LogP) is 4.19. The van der Waals surface area contributed by atoms with Gasteiger partial charge in [-0.1, -0.05) is 12.1 Å². The number of nitrogens with zero attached hydrogens (tertiary/aromatic N) is 2. The molecule has 188 valence electrons. The quantitative estimate of drug-likeness (QED) is 0.594. The molecule has 1 saturated heterocycles. The summed E-state index contributed by atoms with van der Waals surface area (Å²) in [5.41, 5.74) is -1.19. The Morgan fingerprint density at radius 1 is 1.17 bits per heavy atom. The Bertz CT molecular complexity index is 1190. The molecule has 1 aromatic carbocycles. The second-order valence-corrected chi connectivity index (χ2v) is 10.1. The van der Waals surface area contributed by atoms with Crippen molar-refractivity contribution in [3.63, 3.8) is 0 Å². The van der Waals surface area contributed by atoms with Crippen LogP contribution in [0.3, 0.4) is 0 Å². The van der Waals surface area contributed by atoms with Gasteiger partial charge in [0.1, 0.15) is 5.82 Å². The minimum absolute atomic E-state index is 0.0235. The van der Waals surface area contributed by atoms with Crippen molar-refractivity contribution >= 4 is 11.6 Å². The first-order valence-corrected chi connectivity index (χ1v) is 11.9. The van der Waals surface area contributed by atoms with Gasteiger partial charge in [0.25, 0.3) is 11.5 Å². The van der Waals surface area contributed by atoms with Crippen molar-refractivity contribution < 1.29 is 22.4 Å². The molecule has 5 rings (SSSR count). The minimum atomic E-state index is -4.84. The number of carbonyl (C=O) groups excluding carboxylic acids is 1. The van der Waals surface area contributed by atoms with Gasteiger partial charge in [-0.25, -0.2) is 4.39 Å². The molecule has 3 fully saturated rings. The van der Waals surface area contributed by atoms with Gasteiger partial charge in [-0.05, 0) is 51.1 Å². The summed E-state index contributed by atoms with van der Waals surface area (Å²) in [5.74, 6) is -1.08. The van der Waals surface area contributed by atoms with E-state index in [9.17, 15) is 27.2 Å². The van der Waals surface area contributed by atoms with Gasteiger partial charge in [0.2, 0.25) is 0 Å². The molecular weight excluding hydrogens is 464 g/mol. The summed E-state index contributed by atoms with van der Waals surface area (Å²) in [4.78, 5) is 28.3. The van der Waals surface area contributed by atoms with Crippen LogP contribution < -0.4 is 16.2 Å². The van der Waals surface area contributed by atoms with Gasteiger partial charge in [0, 0.05) is 43.0 Å². The zero-order chi connectivity index (χ0) is 25.1. The highest BCUT2D eigenvalue weighted by atomic mass is 19.4. The summed E-state index contributed by atoms with van der Waals surface area (Å²) in [6, 6.07) is 3.62. The lowest BCUT2D eigenvalue weighted by Crippen LogP contribution is -2.34. The average Bonchev–Trinajstić information content (AvgIpc) is 3.18.